The van der Waals surface area contributed by atoms with Gasteiger partial charge < -0.3 is 9.30 Å². The number of para-hydroxylation sites is 1. The predicted octanol–water partition coefficient (Wildman–Crippen LogP) is 5.01. The van der Waals surface area contributed by atoms with E-state index in [0.29, 0.717) is 0 Å². The Bertz CT molecular complexity index is 934. The first-order valence-corrected chi connectivity index (χ1v) is 10.4. The van der Waals surface area contributed by atoms with Gasteiger partial charge in [-0.2, -0.15) is 0 Å². The van der Waals surface area contributed by atoms with Crippen molar-refractivity contribution in [3.05, 3.63) is 69.8 Å². The van der Waals surface area contributed by atoms with E-state index in [1.807, 2.05) is 42.5 Å². The van der Waals surface area contributed by atoms with Crippen molar-refractivity contribution in [3.8, 4) is 11.3 Å². The highest BCUT2D eigenvalue weighted by molar-refractivity contribution is 8.93. The standard InChI is InChI=1S/C21H22ClN3OS.BrH/c22-18-8-6-17(7-9-18)20-16-27-21(23-19-4-2-1-3-5-19)25(20)11-10-24-12-14-26-15-13-24;/h1-9,16H,10-15H2;1H. The van der Waals surface area contributed by atoms with Crippen LogP contribution < -0.4 is 4.80 Å². The Morgan fingerprint density at radius 3 is 2.39 bits per heavy atom. The number of morpholine rings is 1. The molecule has 0 radical (unpaired) electrons. The summed E-state index contributed by atoms with van der Waals surface area (Å²) >= 11 is 7.75. The SMILES string of the molecule is Br.Clc1ccc(-c2csc(=Nc3ccccc3)n2CCN2CCOCC2)cc1. The third-order valence-corrected chi connectivity index (χ3v) is 5.78. The first kappa shape index (κ1) is 21.3. The molecule has 1 aliphatic rings. The van der Waals surface area contributed by atoms with Gasteiger partial charge in [0.15, 0.2) is 4.80 Å². The zero-order valence-electron chi connectivity index (χ0n) is 15.5. The predicted molar refractivity (Wildman–Crippen MR) is 122 cm³/mol. The van der Waals surface area contributed by atoms with E-state index in [4.69, 9.17) is 21.3 Å². The smallest absolute Gasteiger partial charge is 0.190 e. The third kappa shape index (κ3) is 5.33. The molecule has 3 aromatic rings. The maximum atomic E-state index is 6.07. The highest BCUT2D eigenvalue weighted by Crippen LogP contribution is 2.23. The number of benzene rings is 2. The van der Waals surface area contributed by atoms with Gasteiger partial charge >= 0.3 is 0 Å². The number of thiazole rings is 1. The van der Waals surface area contributed by atoms with Crippen LogP contribution in [-0.2, 0) is 11.3 Å². The number of ether oxygens (including phenoxy) is 1. The maximum absolute atomic E-state index is 6.07. The van der Waals surface area contributed by atoms with E-state index in [1.54, 1.807) is 11.3 Å². The van der Waals surface area contributed by atoms with Crippen LogP contribution in [0.2, 0.25) is 5.02 Å². The van der Waals surface area contributed by atoms with E-state index in [9.17, 15) is 0 Å². The van der Waals surface area contributed by atoms with E-state index in [2.05, 4.69) is 27.0 Å². The average Bonchev–Trinajstić information content (AvgIpc) is 3.11. The van der Waals surface area contributed by atoms with E-state index in [0.717, 1.165) is 60.5 Å². The van der Waals surface area contributed by atoms with Crippen molar-refractivity contribution in [1.82, 2.24) is 9.47 Å². The second-order valence-corrected chi connectivity index (χ2v) is 7.74. The van der Waals surface area contributed by atoms with Gasteiger partial charge in [0.25, 0.3) is 0 Å². The molecule has 2 heterocycles. The molecule has 2 aromatic carbocycles. The van der Waals surface area contributed by atoms with Gasteiger partial charge in [0.05, 0.1) is 24.6 Å². The summed E-state index contributed by atoms with van der Waals surface area (Å²) in [5.74, 6) is 0. The molecule has 7 heteroatoms. The molecule has 148 valence electrons. The van der Waals surface area contributed by atoms with E-state index >= 15 is 0 Å². The van der Waals surface area contributed by atoms with Gasteiger partial charge in [0.2, 0.25) is 0 Å². The summed E-state index contributed by atoms with van der Waals surface area (Å²) in [4.78, 5) is 8.34. The highest BCUT2D eigenvalue weighted by atomic mass is 79.9. The van der Waals surface area contributed by atoms with Gasteiger partial charge in [-0.25, -0.2) is 4.99 Å². The Kier molecular flexibility index (Phi) is 7.88. The third-order valence-electron chi connectivity index (χ3n) is 4.66. The average molecular weight is 481 g/mol. The van der Waals surface area contributed by atoms with Gasteiger partial charge in [0.1, 0.15) is 0 Å². The summed E-state index contributed by atoms with van der Waals surface area (Å²) < 4.78 is 7.78. The molecule has 28 heavy (non-hydrogen) atoms. The molecule has 0 unspecified atom stereocenters. The van der Waals surface area contributed by atoms with Crippen LogP contribution in [0.3, 0.4) is 0 Å². The van der Waals surface area contributed by atoms with Gasteiger partial charge in [-0.3, -0.25) is 4.90 Å². The second kappa shape index (κ2) is 10.4. The Morgan fingerprint density at radius 2 is 1.68 bits per heavy atom. The quantitative estimate of drug-likeness (QED) is 0.514. The normalized spacial score (nSPS) is 15.4. The van der Waals surface area contributed by atoms with Crippen molar-refractivity contribution in [2.24, 2.45) is 4.99 Å². The molecule has 0 saturated carbocycles. The number of rotatable bonds is 5. The molecule has 1 saturated heterocycles. The number of nitrogens with zero attached hydrogens (tertiary/aromatic N) is 3. The van der Waals surface area contributed by atoms with Crippen molar-refractivity contribution in [2.45, 2.75) is 6.54 Å². The summed E-state index contributed by atoms with van der Waals surface area (Å²) in [6.07, 6.45) is 0. The van der Waals surface area contributed by atoms with Crippen LogP contribution in [0, 0.1) is 0 Å². The lowest BCUT2D eigenvalue weighted by atomic mass is 10.2. The summed E-state index contributed by atoms with van der Waals surface area (Å²) in [5, 5.41) is 2.94. The lowest BCUT2D eigenvalue weighted by Gasteiger charge is -2.26. The molecule has 0 spiro atoms. The second-order valence-electron chi connectivity index (χ2n) is 6.46. The van der Waals surface area contributed by atoms with Gasteiger partial charge in [-0.05, 0) is 29.8 Å². The highest BCUT2D eigenvalue weighted by Gasteiger charge is 2.13. The molecule has 0 aliphatic carbocycles. The number of hydrogen-bond donors (Lipinski definition) is 0. The van der Waals surface area contributed by atoms with Gasteiger partial charge in [-0.15, -0.1) is 28.3 Å². The minimum atomic E-state index is 0. The summed E-state index contributed by atoms with van der Waals surface area (Å²) in [6, 6.07) is 18.1. The van der Waals surface area contributed by atoms with E-state index in [-0.39, 0.29) is 17.0 Å². The van der Waals surface area contributed by atoms with Crippen molar-refractivity contribution >= 4 is 45.6 Å². The molecule has 0 amide bonds. The minimum absolute atomic E-state index is 0. The van der Waals surface area contributed by atoms with E-state index in [1.165, 1.54) is 5.69 Å². The minimum Gasteiger partial charge on any atom is -0.379 e. The Morgan fingerprint density at radius 1 is 0.964 bits per heavy atom. The fraction of sp³-hybridized carbons (Fsp3) is 0.286. The van der Waals surface area contributed by atoms with Crippen molar-refractivity contribution < 1.29 is 4.74 Å². The van der Waals surface area contributed by atoms with Crippen molar-refractivity contribution in [2.75, 3.05) is 32.8 Å². The van der Waals surface area contributed by atoms with Crippen LogP contribution in [-0.4, -0.2) is 42.3 Å². The van der Waals surface area contributed by atoms with Gasteiger partial charge in [-0.1, -0.05) is 41.9 Å². The molecular weight excluding hydrogens is 458 g/mol. The number of aromatic nitrogens is 1. The molecule has 0 atom stereocenters. The molecule has 0 bridgehead atoms. The first-order chi connectivity index (χ1) is 13.3. The maximum Gasteiger partial charge on any atom is 0.190 e. The monoisotopic (exact) mass is 479 g/mol. The van der Waals surface area contributed by atoms with Gasteiger partial charge in [0, 0.05) is 36.6 Å². The summed E-state index contributed by atoms with van der Waals surface area (Å²) in [6.45, 7) is 5.51. The molecule has 1 aliphatic heterocycles. The molecular formula is C21H23BrClN3OS. The first-order valence-electron chi connectivity index (χ1n) is 9.14. The Labute approximate surface area is 184 Å². The Balaban J connectivity index is 0.00000225. The zero-order chi connectivity index (χ0) is 18.5. The fourth-order valence-electron chi connectivity index (χ4n) is 3.17. The van der Waals surface area contributed by atoms with Crippen molar-refractivity contribution in [3.63, 3.8) is 0 Å². The topological polar surface area (TPSA) is 29.8 Å². The van der Waals surface area contributed by atoms with Crippen molar-refractivity contribution in [1.29, 1.82) is 0 Å². The van der Waals surface area contributed by atoms with Crippen LogP contribution in [0.15, 0.2) is 65.0 Å². The van der Waals surface area contributed by atoms with Crippen LogP contribution in [0.5, 0.6) is 0 Å². The fourth-order valence-corrected chi connectivity index (χ4v) is 4.25. The van der Waals surface area contributed by atoms with Crippen LogP contribution in [0.1, 0.15) is 0 Å². The van der Waals surface area contributed by atoms with E-state index < -0.39 is 0 Å². The lowest BCUT2D eigenvalue weighted by Crippen LogP contribution is -2.39. The molecule has 1 aromatic heterocycles. The van der Waals surface area contributed by atoms with Crippen LogP contribution in [0.25, 0.3) is 11.3 Å². The molecule has 1 fully saturated rings. The lowest BCUT2D eigenvalue weighted by molar-refractivity contribution is 0.0363. The van der Waals surface area contributed by atoms with Crippen LogP contribution >= 0.6 is 39.9 Å². The molecule has 4 nitrogen and oxygen atoms in total. The molecule has 4 rings (SSSR count). The largest absolute Gasteiger partial charge is 0.379 e. The Hall–Kier alpha value is -1.44. The summed E-state index contributed by atoms with van der Waals surface area (Å²) in [7, 11) is 0. The number of halogens is 2. The number of hydrogen-bond acceptors (Lipinski definition) is 4. The molecule has 0 N–H and O–H groups in total. The van der Waals surface area contributed by atoms with Crippen LogP contribution in [0.4, 0.5) is 5.69 Å². The zero-order valence-corrected chi connectivity index (χ0v) is 18.7. The summed E-state index contributed by atoms with van der Waals surface area (Å²) in [5.41, 5.74) is 3.31.